The number of carboxylic acid groups (broad SMARTS) is 1. The van der Waals surface area contributed by atoms with Gasteiger partial charge in [0.15, 0.2) is 0 Å². The van der Waals surface area contributed by atoms with Crippen LogP contribution < -0.4 is 5.32 Å². The lowest BCUT2D eigenvalue weighted by molar-refractivity contribution is -0.153. The number of aromatic nitrogens is 3. The molecule has 1 amide bonds. The van der Waals surface area contributed by atoms with Gasteiger partial charge in [-0.25, -0.2) is 0 Å². The third-order valence-electron chi connectivity index (χ3n) is 2.42. The molecule has 7 heteroatoms. The number of hydrogen-bond acceptors (Lipinski definition) is 4. The quantitative estimate of drug-likeness (QED) is 0.534. The molecule has 0 aliphatic rings. The number of aliphatic carboxylic acids is 1. The molecule has 0 saturated carbocycles. The number of carboxylic acids is 1. The van der Waals surface area contributed by atoms with Crippen LogP contribution in [0.4, 0.5) is 0 Å². The molecule has 0 spiro atoms. The first-order chi connectivity index (χ1) is 7.94. The number of nitrogens with zero attached hydrogens (tertiary/aromatic N) is 3. The summed E-state index contributed by atoms with van der Waals surface area (Å²) in [5, 5.41) is 18.8. The van der Waals surface area contributed by atoms with Gasteiger partial charge in [0.2, 0.25) is 5.91 Å². The van der Waals surface area contributed by atoms with Crippen LogP contribution in [0.2, 0.25) is 0 Å². The zero-order chi connectivity index (χ0) is 12.9. The summed E-state index contributed by atoms with van der Waals surface area (Å²) in [6, 6.07) is 0. The molecule has 0 bridgehead atoms. The average Bonchev–Trinajstić information content (AvgIpc) is 2.76. The highest BCUT2D eigenvalue weighted by atomic mass is 16.4. The molecule has 7 nitrogen and oxygen atoms in total. The first-order valence-corrected chi connectivity index (χ1v) is 5.30. The van der Waals surface area contributed by atoms with E-state index in [1.54, 1.807) is 17.1 Å². The van der Waals surface area contributed by atoms with Crippen LogP contribution in [-0.2, 0) is 16.1 Å². The van der Waals surface area contributed by atoms with Gasteiger partial charge >= 0.3 is 5.97 Å². The molecule has 0 fully saturated rings. The molecule has 0 aliphatic carbocycles. The predicted molar refractivity (Wildman–Crippen MR) is 59.1 cm³/mol. The monoisotopic (exact) mass is 240 g/mol. The summed E-state index contributed by atoms with van der Waals surface area (Å²) in [4.78, 5) is 22.3. The molecule has 2 N–H and O–H groups in total. The highest BCUT2D eigenvalue weighted by Crippen LogP contribution is 2.14. The molecule has 1 heterocycles. The Hall–Kier alpha value is -1.92. The summed E-state index contributed by atoms with van der Waals surface area (Å²) in [6.45, 7) is 3.80. The largest absolute Gasteiger partial charge is 0.480 e. The third kappa shape index (κ3) is 3.54. The second kappa shape index (κ2) is 5.42. The van der Waals surface area contributed by atoms with Crippen LogP contribution in [0.15, 0.2) is 12.4 Å². The summed E-state index contributed by atoms with van der Waals surface area (Å²) in [5.74, 6) is -1.62. The molecular weight excluding hydrogens is 224 g/mol. The molecule has 0 atom stereocenters. The van der Waals surface area contributed by atoms with Crippen molar-refractivity contribution in [2.75, 3.05) is 6.54 Å². The fraction of sp³-hybridized carbons (Fsp3) is 0.600. The summed E-state index contributed by atoms with van der Waals surface area (Å²) < 4.78 is 1.65. The molecule has 0 saturated heterocycles. The highest BCUT2D eigenvalue weighted by Gasteiger charge is 2.35. The standard InChI is InChI=1S/C10H16N4O3/c1-10(2,9(16)17)8(15)11-4-3-6-14-7-5-12-13-14/h5,7H,3-4,6H2,1-2H3,(H,11,15)(H,16,17). The summed E-state index contributed by atoms with van der Waals surface area (Å²) >= 11 is 0. The normalized spacial score (nSPS) is 11.2. The lowest BCUT2D eigenvalue weighted by atomic mass is 9.93. The van der Waals surface area contributed by atoms with Crippen LogP contribution in [0.3, 0.4) is 0 Å². The smallest absolute Gasteiger partial charge is 0.318 e. The number of aryl methyl sites for hydroxylation is 1. The second-order valence-corrected chi connectivity index (χ2v) is 4.21. The van der Waals surface area contributed by atoms with E-state index in [9.17, 15) is 9.59 Å². The first-order valence-electron chi connectivity index (χ1n) is 5.30. The first kappa shape index (κ1) is 13.1. The second-order valence-electron chi connectivity index (χ2n) is 4.21. The minimum atomic E-state index is -1.40. The van der Waals surface area contributed by atoms with Gasteiger partial charge in [-0.15, -0.1) is 5.10 Å². The maximum absolute atomic E-state index is 11.5. The zero-order valence-electron chi connectivity index (χ0n) is 9.88. The Labute approximate surface area is 98.8 Å². The summed E-state index contributed by atoms with van der Waals surface area (Å²) in [6.07, 6.45) is 3.97. The summed E-state index contributed by atoms with van der Waals surface area (Å²) in [7, 11) is 0. The van der Waals surface area contributed by atoms with E-state index in [-0.39, 0.29) is 0 Å². The molecule has 0 aliphatic heterocycles. The van der Waals surface area contributed by atoms with Gasteiger partial charge in [-0.3, -0.25) is 14.3 Å². The van der Waals surface area contributed by atoms with E-state index in [1.807, 2.05) is 0 Å². The van der Waals surface area contributed by atoms with E-state index < -0.39 is 17.3 Å². The summed E-state index contributed by atoms with van der Waals surface area (Å²) in [5.41, 5.74) is -1.40. The predicted octanol–water partition coefficient (Wildman–Crippen LogP) is -0.105. The van der Waals surface area contributed by atoms with Crippen LogP contribution in [0.5, 0.6) is 0 Å². The number of carbonyl (C=O) groups excluding carboxylic acids is 1. The van der Waals surface area contributed by atoms with Crippen molar-refractivity contribution in [1.29, 1.82) is 0 Å². The Morgan fingerprint density at radius 2 is 2.18 bits per heavy atom. The highest BCUT2D eigenvalue weighted by molar-refractivity contribution is 6.00. The van der Waals surface area contributed by atoms with E-state index in [0.29, 0.717) is 19.5 Å². The number of amides is 1. The number of hydrogen-bond donors (Lipinski definition) is 2. The van der Waals surface area contributed by atoms with Crippen molar-refractivity contribution in [3.63, 3.8) is 0 Å². The maximum atomic E-state index is 11.5. The van der Waals surface area contributed by atoms with E-state index in [1.165, 1.54) is 13.8 Å². The van der Waals surface area contributed by atoms with Crippen molar-refractivity contribution in [2.24, 2.45) is 5.41 Å². The van der Waals surface area contributed by atoms with Crippen molar-refractivity contribution in [3.05, 3.63) is 12.4 Å². The average molecular weight is 240 g/mol. The van der Waals surface area contributed by atoms with Gasteiger partial charge in [0.25, 0.3) is 0 Å². The minimum absolute atomic E-state index is 0.412. The van der Waals surface area contributed by atoms with E-state index in [4.69, 9.17) is 5.11 Å². The van der Waals surface area contributed by atoms with Gasteiger partial charge in [0, 0.05) is 19.3 Å². The third-order valence-corrected chi connectivity index (χ3v) is 2.42. The van der Waals surface area contributed by atoms with Crippen LogP contribution >= 0.6 is 0 Å². The number of nitrogens with one attached hydrogen (secondary N) is 1. The van der Waals surface area contributed by atoms with Gasteiger partial charge in [0.1, 0.15) is 5.41 Å². The van der Waals surface area contributed by atoms with Crippen LogP contribution in [0.1, 0.15) is 20.3 Å². The molecule has 17 heavy (non-hydrogen) atoms. The van der Waals surface area contributed by atoms with E-state index in [0.717, 1.165) is 0 Å². The van der Waals surface area contributed by atoms with Crippen molar-refractivity contribution in [1.82, 2.24) is 20.3 Å². The Bertz CT molecular complexity index is 386. The van der Waals surface area contributed by atoms with Gasteiger partial charge < -0.3 is 10.4 Å². The molecule has 1 aromatic rings. The molecule has 0 unspecified atom stereocenters. The Kier molecular flexibility index (Phi) is 4.19. The van der Waals surface area contributed by atoms with Crippen LogP contribution in [0.25, 0.3) is 0 Å². The Morgan fingerprint density at radius 1 is 1.47 bits per heavy atom. The van der Waals surface area contributed by atoms with Gasteiger partial charge in [0.05, 0.1) is 6.20 Å². The number of carbonyl (C=O) groups is 2. The molecule has 1 aromatic heterocycles. The van der Waals surface area contributed by atoms with E-state index >= 15 is 0 Å². The van der Waals surface area contributed by atoms with Crippen LogP contribution in [0, 0.1) is 5.41 Å². The van der Waals surface area contributed by atoms with Crippen molar-refractivity contribution in [2.45, 2.75) is 26.8 Å². The van der Waals surface area contributed by atoms with Crippen LogP contribution in [-0.4, -0.2) is 38.5 Å². The van der Waals surface area contributed by atoms with Crippen molar-refractivity contribution in [3.8, 4) is 0 Å². The lowest BCUT2D eigenvalue weighted by Gasteiger charge is -2.18. The molecular formula is C10H16N4O3. The minimum Gasteiger partial charge on any atom is -0.480 e. The molecule has 94 valence electrons. The van der Waals surface area contributed by atoms with Gasteiger partial charge in [-0.05, 0) is 20.3 Å². The molecule has 0 aromatic carbocycles. The maximum Gasteiger partial charge on any atom is 0.318 e. The van der Waals surface area contributed by atoms with Gasteiger partial charge in [-0.1, -0.05) is 5.21 Å². The van der Waals surface area contributed by atoms with Gasteiger partial charge in [-0.2, -0.15) is 0 Å². The zero-order valence-corrected chi connectivity index (χ0v) is 9.88. The molecule has 0 radical (unpaired) electrons. The lowest BCUT2D eigenvalue weighted by Crippen LogP contribution is -2.42. The molecule has 1 rings (SSSR count). The Balaban J connectivity index is 2.27. The van der Waals surface area contributed by atoms with E-state index in [2.05, 4.69) is 15.6 Å². The topological polar surface area (TPSA) is 97.1 Å². The fourth-order valence-electron chi connectivity index (χ4n) is 1.11. The number of rotatable bonds is 6. The van der Waals surface area contributed by atoms with Crippen molar-refractivity contribution < 1.29 is 14.7 Å². The fourth-order valence-corrected chi connectivity index (χ4v) is 1.11. The van der Waals surface area contributed by atoms with Crippen molar-refractivity contribution >= 4 is 11.9 Å². The Morgan fingerprint density at radius 3 is 2.71 bits per heavy atom. The SMILES string of the molecule is CC(C)(C(=O)O)C(=O)NCCCn1ccnn1.